The van der Waals surface area contributed by atoms with Crippen molar-refractivity contribution in [1.82, 2.24) is 9.78 Å². The number of aromatic nitrogens is 2. The number of amides is 2. The van der Waals surface area contributed by atoms with Gasteiger partial charge in [0.05, 0.1) is 5.56 Å². The largest absolute Gasteiger partial charge is 0.322 e. The predicted molar refractivity (Wildman–Crippen MR) is 99.6 cm³/mol. The summed E-state index contributed by atoms with van der Waals surface area (Å²) in [5.74, 6) is -0.659. The van der Waals surface area contributed by atoms with Gasteiger partial charge in [0.25, 0.3) is 11.8 Å². The highest BCUT2D eigenvalue weighted by molar-refractivity contribution is 7.14. The molecular formula is C17H15ClN4O2S. The molecule has 2 aromatic heterocycles. The summed E-state index contributed by atoms with van der Waals surface area (Å²) in [7, 11) is 0. The number of nitrogens with one attached hydrogen (secondary N) is 2. The highest BCUT2D eigenvalue weighted by Crippen LogP contribution is 2.25. The SMILES string of the molecule is CCn1ccc(C(=O)Nc2sccc2C(=O)Nc2ccc(Cl)cc2)n1. The summed E-state index contributed by atoms with van der Waals surface area (Å²) in [6.45, 7) is 2.62. The fourth-order valence-corrected chi connectivity index (χ4v) is 3.05. The minimum Gasteiger partial charge on any atom is -0.322 e. The summed E-state index contributed by atoms with van der Waals surface area (Å²) in [6.07, 6.45) is 1.73. The van der Waals surface area contributed by atoms with Crippen molar-refractivity contribution in [3.63, 3.8) is 0 Å². The maximum absolute atomic E-state index is 12.4. The number of benzene rings is 1. The minimum atomic E-state index is -0.352. The van der Waals surface area contributed by atoms with Gasteiger partial charge in [-0.3, -0.25) is 14.3 Å². The average Bonchev–Trinajstić information content (AvgIpc) is 3.26. The van der Waals surface area contributed by atoms with Gasteiger partial charge in [-0.15, -0.1) is 11.3 Å². The molecule has 2 heterocycles. The van der Waals surface area contributed by atoms with Crippen LogP contribution in [0.15, 0.2) is 48.0 Å². The molecule has 0 aliphatic carbocycles. The Hall–Kier alpha value is -2.64. The van der Waals surface area contributed by atoms with Gasteiger partial charge in [-0.2, -0.15) is 5.10 Å². The van der Waals surface area contributed by atoms with Crippen LogP contribution in [0.4, 0.5) is 10.7 Å². The Bertz CT molecular complexity index is 902. The van der Waals surface area contributed by atoms with Crippen molar-refractivity contribution in [3.05, 3.63) is 64.3 Å². The van der Waals surface area contributed by atoms with E-state index in [-0.39, 0.29) is 11.8 Å². The molecule has 0 fully saturated rings. The molecule has 6 nitrogen and oxygen atoms in total. The van der Waals surface area contributed by atoms with Crippen LogP contribution in [0.1, 0.15) is 27.8 Å². The Balaban J connectivity index is 1.72. The first-order valence-corrected chi connectivity index (χ1v) is 8.82. The zero-order valence-corrected chi connectivity index (χ0v) is 14.9. The highest BCUT2D eigenvalue weighted by Gasteiger charge is 2.17. The lowest BCUT2D eigenvalue weighted by atomic mass is 10.2. The van der Waals surface area contributed by atoms with Crippen LogP contribution < -0.4 is 10.6 Å². The molecule has 0 spiro atoms. The second kappa shape index (κ2) is 7.50. The van der Waals surface area contributed by atoms with Crippen molar-refractivity contribution in [2.45, 2.75) is 13.5 Å². The Kier molecular flexibility index (Phi) is 5.16. The maximum atomic E-state index is 12.4. The van der Waals surface area contributed by atoms with Gasteiger partial charge in [-0.25, -0.2) is 0 Å². The van der Waals surface area contributed by atoms with Crippen molar-refractivity contribution < 1.29 is 9.59 Å². The molecule has 128 valence electrons. The molecule has 8 heteroatoms. The first kappa shape index (κ1) is 17.2. The molecule has 2 amide bonds. The molecule has 25 heavy (non-hydrogen) atoms. The first-order chi connectivity index (χ1) is 12.1. The molecule has 0 aliphatic heterocycles. The molecule has 0 radical (unpaired) electrons. The van der Waals surface area contributed by atoms with Gasteiger partial charge in [0.2, 0.25) is 0 Å². The van der Waals surface area contributed by atoms with Crippen LogP contribution in [-0.4, -0.2) is 21.6 Å². The fraction of sp³-hybridized carbons (Fsp3) is 0.118. The second-order valence-electron chi connectivity index (χ2n) is 5.14. The van der Waals surface area contributed by atoms with Gasteiger partial charge >= 0.3 is 0 Å². The standard InChI is InChI=1S/C17H15ClN4O2S/c1-2-22-9-7-14(21-22)16(24)20-17-13(8-10-25-17)15(23)19-12-5-3-11(18)4-6-12/h3-10H,2H2,1H3,(H,19,23)(H,20,24). The van der Waals surface area contributed by atoms with E-state index in [0.29, 0.717) is 33.5 Å². The van der Waals surface area contributed by atoms with E-state index in [1.807, 2.05) is 6.92 Å². The zero-order valence-electron chi connectivity index (χ0n) is 13.3. The Morgan fingerprint density at radius 2 is 1.88 bits per heavy atom. The molecule has 0 bridgehead atoms. The Morgan fingerprint density at radius 3 is 2.56 bits per heavy atom. The molecule has 0 aliphatic rings. The lowest BCUT2D eigenvalue weighted by Gasteiger charge is -2.07. The number of hydrogen-bond acceptors (Lipinski definition) is 4. The number of carbonyl (C=O) groups is 2. The number of halogens is 1. The van der Waals surface area contributed by atoms with Crippen LogP contribution in [0.3, 0.4) is 0 Å². The van der Waals surface area contributed by atoms with E-state index < -0.39 is 0 Å². The molecule has 0 saturated carbocycles. The number of aryl methyl sites for hydroxylation is 1. The smallest absolute Gasteiger partial charge is 0.276 e. The lowest BCUT2D eigenvalue weighted by molar-refractivity contribution is 0.102. The monoisotopic (exact) mass is 374 g/mol. The first-order valence-electron chi connectivity index (χ1n) is 7.56. The molecule has 2 N–H and O–H groups in total. The van der Waals surface area contributed by atoms with Crippen molar-refractivity contribution >= 4 is 45.4 Å². The predicted octanol–water partition coefficient (Wildman–Crippen LogP) is 4.12. The van der Waals surface area contributed by atoms with Gasteiger partial charge < -0.3 is 10.6 Å². The average molecular weight is 375 g/mol. The van der Waals surface area contributed by atoms with E-state index in [0.717, 1.165) is 0 Å². The fourth-order valence-electron chi connectivity index (χ4n) is 2.14. The van der Waals surface area contributed by atoms with E-state index >= 15 is 0 Å². The van der Waals surface area contributed by atoms with Crippen molar-refractivity contribution in [1.29, 1.82) is 0 Å². The Labute approximate surface area is 153 Å². The van der Waals surface area contributed by atoms with E-state index in [4.69, 9.17) is 11.6 Å². The highest BCUT2D eigenvalue weighted by atomic mass is 35.5. The summed E-state index contributed by atoms with van der Waals surface area (Å²) >= 11 is 7.11. The maximum Gasteiger partial charge on any atom is 0.276 e. The zero-order chi connectivity index (χ0) is 17.8. The quantitative estimate of drug-likeness (QED) is 0.705. The van der Waals surface area contributed by atoms with Crippen LogP contribution in [0.5, 0.6) is 0 Å². The van der Waals surface area contributed by atoms with Crippen LogP contribution in [0.25, 0.3) is 0 Å². The molecule has 1 aromatic carbocycles. The van der Waals surface area contributed by atoms with Crippen LogP contribution in [0, 0.1) is 0 Å². The number of nitrogens with zero attached hydrogens (tertiary/aromatic N) is 2. The van der Waals surface area contributed by atoms with Crippen LogP contribution >= 0.6 is 22.9 Å². The summed E-state index contributed by atoms with van der Waals surface area (Å²) in [6, 6.07) is 10.1. The lowest BCUT2D eigenvalue weighted by Crippen LogP contribution is -2.17. The molecular weight excluding hydrogens is 360 g/mol. The van der Waals surface area contributed by atoms with Gasteiger partial charge in [-0.1, -0.05) is 11.6 Å². The molecule has 0 saturated heterocycles. The van der Waals surface area contributed by atoms with Crippen molar-refractivity contribution in [3.8, 4) is 0 Å². The Morgan fingerprint density at radius 1 is 1.12 bits per heavy atom. The van der Waals surface area contributed by atoms with Crippen LogP contribution in [0.2, 0.25) is 5.02 Å². The third-order valence-corrected chi connectivity index (χ3v) is 4.52. The number of hydrogen-bond donors (Lipinski definition) is 2. The van der Waals surface area contributed by atoms with Gasteiger partial charge in [0.15, 0.2) is 5.69 Å². The molecule has 0 atom stereocenters. The second-order valence-corrected chi connectivity index (χ2v) is 6.49. The van der Waals surface area contributed by atoms with E-state index in [1.54, 1.807) is 52.7 Å². The number of thiophene rings is 1. The van der Waals surface area contributed by atoms with E-state index in [1.165, 1.54) is 11.3 Å². The van der Waals surface area contributed by atoms with E-state index in [2.05, 4.69) is 15.7 Å². The van der Waals surface area contributed by atoms with Crippen LogP contribution in [-0.2, 0) is 6.54 Å². The number of anilines is 2. The van der Waals surface area contributed by atoms with Gasteiger partial charge in [0.1, 0.15) is 5.00 Å². The normalized spacial score (nSPS) is 10.5. The molecule has 0 unspecified atom stereocenters. The van der Waals surface area contributed by atoms with Gasteiger partial charge in [0, 0.05) is 23.5 Å². The van der Waals surface area contributed by atoms with Crippen molar-refractivity contribution in [2.24, 2.45) is 0 Å². The number of carbonyl (C=O) groups excluding carboxylic acids is 2. The minimum absolute atomic E-state index is 0.305. The number of rotatable bonds is 5. The van der Waals surface area contributed by atoms with E-state index in [9.17, 15) is 9.59 Å². The third kappa shape index (κ3) is 4.07. The summed E-state index contributed by atoms with van der Waals surface area (Å²) in [5.41, 5.74) is 1.32. The summed E-state index contributed by atoms with van der Waals surface area (Å²) in [5, 5.41) is 12.5. The third-order valence-electron chi connectivity index (χ3n) is 3.44. The molecule has 3 rings (SSSR count). The van der Waals surface area contributed by atoms with Gasteiger partial charge in [-0.05, 0) is 48.7 Å². The molecule has 3 aromatic rings. The van der Waals surface area contributed by atoms with Crippen molar-refractivity contribution in [2.75, 3.05) is 10.6 Å². The summed E-state index contributed by atoms with van der Waals surface area (Å²) in [4.78, 5) is 24.7. The summed E-state index contributed by atoms with van der Waals surface area (Å²) < 4.78 is 1.66. The topological polar surface area (TPSA) is 76.0 Å².